The summed E-state index contributed by atoms with van der Waals surface area (Å²) >= 11 is 0.413. The molecular formula is C5H8N4O3S2. The molecule has 14 heavy (non-hydrogen) atoms. The Morgan fingerprint density at radius 2 is 2.43 bits per heavy atom. The molecule has 0 atom stereocenters. The predicted molar refractivity (Wildman–Crippen MR) is 48.7 cm³/mol. The van der Waals surface area contributed by atoms with E-state index in [-0.39, 0.29) is 4.80 Å². The molecule has 0 unspecified atom stereocenters. The number of aryl methyl sites for hydroxylation is 1. The Morgan fingerprint density at radius 3 is 2.86 bits per heavy atom. The van der Waals surface area contributed by atoms with Gasteiger partial charge in [-0.25, -0.2) is 18.2 Å². The van der Waals surface area contributed by atoms with E-state index in [0.29, 0.717) is 16.0 Å². The second-order valence-electron chi connectivity index (χ2n) is 2.24. The summed E-state index contributed by atoms with van der Waals surface area (Å²) in [6.07, 6.45) is 0. The second kappa shape index (κ2) is 3.59. The van der Waals surface area contributed by atoms with Crippen LogP contribution < -0.4 is 9.94 Å². The van der Waals surface area contributed by atoms with E-state index < -0.39 is 27.2 Å². The quantitative estimate of drug-likeness (QED) is 0.648. The molecule has 1 rings (SSSR count). The number of primary sulfonamides is 1. The van der Waals surface area contributed by atoms with E-state index in [1.807, 2.05) is 0 Å². The van der Waals surface area contributed by atoms with E-state index >= 15 is 0 Å². The summed E-state index contributed by atoms with van der Waals surface area (Å²) in [5.74, 6) is -0.674. The lowest BCUT2D eigenvalue weighted by Crippen LogP contribution is -2.14. The van der Waals surface area contributed by atoms with Crippen molar-refractivity contribution < 1.29 is 17.3 Å². The van der Waals surface area contributed by atoms with Crippen LogP contribution in [0.2, 0.25) is 0 Å². The topological polar surface area (TPSA) is 107 Å². The van der Waals surface area contributed by atoms with Crippen molar-refractivity contribution in [3.05, 3.63) is 4.80 Å². The van der Waals surface area contributed by atoms with Crippen molar-refractivity contribution in [1.29, 1.82) is 0 Å². The first kappa shape index (κ1) is 7.26. The molecule has 0 fully saturated rings. The fourth-order valence-electron chi connectivity index (χ4n) is 0.586. The molecule has 1 heterocycles. The Labute approximate surface area is 88.2 Å². The van der Waals surface area contributed by atoms with E-state index in [4.69, 9.17) is 9.25 Å². The van der Waals surface area contributed by atoms with Gasteiger partial charge in [-0.05, 0) is 0 Å². The molecule has 0 aliphatic carbocycles. The van der Waals surface area contributed by atoms with Gasteiger partial charge in [-0.15, -0.1) is 5.10 Å². The van der Waals surface area contributed by atoms with Gasteiger partial charge in [0.05, 0.1) is 0 Å². The van der Waals surface area contributed by atoms with Crippen molar-refractivity contribution in [1.82, 2.24) is 9.78 Å². The van der Waals surface area contributed by atoms with Crippen LogP contribution in [0.1, 0.15) is 11.0 Å². The van der Waals surface area contributed by atoms with Gasteiger partial charge in [0.15, 0.2) is 0 Å². The number of rotatable bonds is 1. The van der Waals surface area contributed by atoms with E-state index in [9.17, 15) is 13.2 Å². The Bertz CT molecular complexity index is 611. The minimum Gasteiger partial charge on any atom is -0.273 e. The number of nitrogens with two attached hydrogens (primary N) is 1. The number of carbonyl (C=O) groups excluding carboxylic acids is 1. The van der Waals surface area contributed by atoms with Crippen molar-refractivity contribution in [3.63, 3.8) is 0 Å². The predicted octanol–water partition coefficient (Wildman–Crippen LogP) is -1.42. The van der Waals surface area contributed by atoms with Crippen molar-refractivity contribution in [2.45, 2.75) is 11.3 Å². The first-order valence-electron chi connectivity index (χ1n) is 4.70. The normalized spacial score (nSPS) is 17.3. The van der Waals surface area contributed by atoms with Crippen molar-refractivity contribution in [2.75, 3.05) is 0 Å². The van der Waals surface area contributed by atoms with Crippen LogP contribution in [0.5, 0.6) is 0 Å². The molecule has 0 radical (unpaired) electrons. The average Bonchev–Trinajstić information content (AvgIpc) is 2.44. The Morgan fingerprint density at radius 1 is 1.79 bits per heavy atom. The third kappa shape index (κ3) is 2.47. The Kier molecular flexibility index (Phi) is 1.86. The molecule has 0 saturated carbocycles. The third-order valence-corrected chi connectivity index (χ3v) is 3.26. The first-order valence-corrected chi connectivity index (χ1v) is 5.57. The number of nitrogens with zero attached hydrogens (tertiary/aromatic N) is 3. The standard InChI is InChI=1S/C5H8N4O3S2/c1-3(10)7-4-9(2)8-5(13-4)14(6,11)12/h1-2H3,(H2,6,11,12)/i2D3. The highest BCUT2D eigenvalue weighted by atomic mass is 32.2. The fraction of sp³-hybridized carbons (Fsp3) is 0.400. The number of aromatic nitrogens is 2. The first-order chi connectivity index (χ1) is 7.51. The van der Waals surface area contributed by atoms with E-state index in [1.54, 1.807) is 0 Å². The van der Waals surface area contributed by atoms with Gasteiger partial charge in [0.2, 0.25) is 15.0 Å². The lowest BCUT2D eigenvalue weighted by molar-refractivity contribution is -0.116. The lowest BCUT2D eigenvalue weighted by atomic mass is 10.8. The van der Waals surface area contributed by atoms with Crippen LogP contribution in [0.3, 0.4) is 0 Å². The third-order valence-electron chi connectivity index (χ3n) is 1.04. The zero-order valence-corrected chi connectivity index (χ0v) is 8.59. The lowest BCUT2D eigenvalue weighted by Gasteiger charge is -1.86. The maximum Gasteiger partial charge on any atom is 0.267 e. The van der Waals surface area contributed by atoms with Crippen LogP contribution >= 0.6 is 11.3 Å². The maximum atomic E-state index is 11.0. The molecule has 2 N–H and O–H groups in total. The summed E-state index contributed by atoms with van der Waals surface area (Å²) in [7, 11) is -4.14. The minimum atomic E-state index is -4.14. The number of amides is 1. The van der Waals surface area contributed by atoms with Gasteiger partial charge >= 0.3 is 0 Å². The van der Waals surface area contributed by atoms with Crippen molar-refractivity contribution in [3.8, 4) is 0 Å². The fourth-order valence-corrected chi connectivity index (χ4v) is 2.05. The summed E-state index contributed by atoms with van der Waals surface area (Å²) in [6, 6.07) is 0. The minimum absolute atomic E-state index is 0.346. The van der Waals surface area contributed by atoms with Crippen LogP contribution in [0.4, 0.5) is 0 Å². The number of carbonyl (C=O) groups is 1. The number of hydrogen-bond acceptors (Lipinski definition) is 5. The number of hydrogen-bond donors (Lipinski definition) is 1. The van der Waals surface area contributed by atoms with Gasteiger partial charge in [-0.1, -0.05) is 11.3 Å². The molecule has 0 spiro atoms. The smallest absolute Gasteiger partial charge is 0.267 e. The van der Waals surface area contributed by atoms with Gasteiger partial charge in [-0.3, -0.25) is 4.79 Å². The van der Waals surface area contributed by atoms with E-state index in [2.05, 4.69) is 10.1 Å². The molecule has 9 heteroatoms. The number of sulfonamides is 1. The molecule has 1 aromatic rings. The summed E-state index contributed by atoms with van der Waals surface area (Å²) in [4.78, 5) is 13.8. The van der Waals surface area contributed by atoms with Gasteiger partial charge in [0, 0.05) is 18.0 Å². The molecule has 0 aliphatic heterocycles. The molecular weight excluding hydrogens is 228 g/mol. The Hall–Kier alpha value is -1.06. The summed E-state index contributed by atoms with van der Waals surface area (Å²) in [5, 5.41) is 8.13. The molecule has 0 aromatic carbocycles. The van der Waals surface area contributed by atoms with Crippen molar-refractivity contribution >= 4 is 27.3 Å². The zero-order valence-electron chi connectivity index (χ0n) is 9.96. The molecule has 1 aromatic heterocycles. The Balaban J connectivity index is 3.60. The summed E-state index contributed by atoms with van der Waals surface area (Å²) in [5.41, 5.74) is 0. The zero-order chi connectivity index (χ0) is 13.4. The highest BCUT2D eigenvalue weighted by molar-refractivity contribution is 7.91. The van der Waals surface area contributed by atoms with Crippen LogP contribution in [-0.4, -0.2) is 24.1 Å². The molecule has 7 nitrogen and oxygen atoms in total. The average molecular weight is 239 g/mol. The molecule has 78 valence electrons. The van der Waals surface area contributed by atoms with E-state index in [1.165, 1.54) is 0 Å². The van der Waals surface area contributed by atoms with Gasteiger partial charge < -0.3 is 0 Å². The SMILES string of the molecule is [2H]C([2H])([2H])n1nc(S(N)(=O)=O)sc1=NC(C)=O. The summed E-state index contributed by atoms with van der Waals surface area (Å²) < 4.78 is 43.1. The van der Waals surface area contributed by atoms with Gasteiger partial charge in [0.1, 0.15) is 0 Å². The molecule has 0 bridgehead atoms. The molecule has 1 amide bonds. The highest BCUT2D eigenvalue weighted by Gasteiger charge is 2.14. The maximum absolute atomic E-state index is 11.0. The highest BCUT2D eigenvalue weighted by Crippen LogP contribution is 2.03. The monoisotopic (exact) mass is 239 g/mol. The largest absolute Gasteiger partial charge is 0.273 e. The van der Waals surface area contributed by atoms with Crippen molar-refractivity contribution in [2.24, 2.45) is 17.1 Å². The van der Waals surface area contributed by atoms with Crippen LogP contribution in [0.25, 0.3) is 0 Å². The van der Waals surface area contributed by atoms with Gasteiger partial charge in [0.25, 0.3) is 10.0 Å². The second-order valence-corrected chi connectivity index (χ2v) is 4.93. The van der Waals surface area contributed by atoms with Crippen LogP contribution in [0, 0.1) is 0 Å². The molecule has 0 aliphatic rings. The van der Waals surface area contributed by atoms with Gasteiger partial charge in [-0.2, -0.15) is 4.99 Å². The molecule has 0 saturated heterocycles. The van der Waals surface area contributed by atoms with Crippen LogP contribution in [0.15, 0.2) is 9.33 Å². The van der Waals surface area contributed by atoms with E-state index in [0.717, 1.165) is 6.92 Å². The summed E-state index contributed by atoms with van der Waals surface area (Å²) in [6.45, 7) is -1.64. The van der Waals surface area contributed by atoms with Crippen LogP contribution in [-0.2, 0) is 21.8 Å².